The van der Waals surface area contributed by atoms with Gasteiger partial charge in [-0.1, -0.05) is 43.3 Å². The van der Waals surface area contributed by atoms with Crippen molar-refractivity contribution in [3.63, 3.8) is 0 Å². The molecule has 0 aromatic heterocycles. The minimum Gasteiger partial charge on any atom is -0.490 e. The molecular weight excluding hydrogens is 262 g/mol. The number of benzene rings is 2. The first kappa shape index (κ1) is 15.4. The van der Waals surface area contributed by atoms with Crippen molar-refractivity contribution in [1.29, 1.82) is 0 Å². The predicted octanol–water partition coefficient (Wildman–Crippen LogP) is 3.77. The Morgan fingerprint density at radius 2 is 1.67 bits per heavy atom. The maximum Gasteiger partial charge on any atom is 0.161 e. The Balaban J connectivity index is 2.06. The summed E-state index contributed by atoms with van der Waals surface area (Å²) in [5, 5.41) is 3.31. The predicted molar refractivity (Wildman–Crippen MR) is 85.8 cm³/mol. The molecule has 0 bridgehead atoms. The van der Waals surface area contributed by atoms with Gasteiger partial charge in [-0.3, -0.25) is 0 Å². The molecule has 0 radical (unpaired) electrons. The monoisotopic (exact) mass is 285 g/mol. The van der Waals surface area contributed by atoms with E-state index < -0.39 is 0 Å². The SMILES string of the molecule is CCNCc1ccc(OCc2ccccc2)c(OCC)c1. The van der Waals surface area contributed by atoms with Crippen LogP contribution in [0.2, 0.25) is 0 Å². The molecule has 0 atom stereocenters. The van der Waals surface area contributed by atoms with Crippen molar-refractivity contribution in [3.8, 4) is 11.5 Å². The summed E-state index contributed by atoms with van der Waals surface area (Å²) in [5.41, 5.74) is 2.35. The van der Waals surface area contributed by atoms with E-state index in [0.29, 0.717) is 13.2 Å². The molecule has 0 aliphatic rings. The molecule has 0 heterocycles. The van der Waals surface area contributed by atoms with Crippen LogP contribution in [-0.4, -0.2) is 13.2 Å². The van der Waals surface area contributed by atoms with Gasteiger partial charge in [-0.05, 0) is 36.7 Å². The zero-order valence-electron chi connectivity index (χ0n) is 12.8. The van der Waals surface area contributed by atoms with E-state index >= 15 is 0 Å². The fourth-order valence-electron chi connectivity index (χ4n) is 2.05. The van der Waals surface area contributed by atoms with Gasteiger partial charge < -0.3 is 14.8 Å². The van der Waals surface area contributed by atoms with Crippen molar-refractivity contribution in [1.82, 2.24) is 5.32 Å². The van der Waals surface area contributed by atoms with E-state index in [9.17, 15) is 0 Å². The van der Waals surface area contributed by atoms with Crippen LogP contribution < -0.4 is 14.8 Å². The van der Waals surface area contributed by atoms with Gasteiger partial charge in [0.2, 0.25) is 0 Å². The number of ether oxygens (including phenoxy) is 2. The molecular formula is C18H23NO2. The minimum atomic E-state index is 0.549. The van der Waals surface area contributed by atoms with Gasteiger partial charge in [-0.25, -0.2) is 0 Å². The van der Waals surface area contributed by atoms with Crippen LogP contribution in [0.4, 0.5) is 0 Å². The lowest BCUT2D eigenvalue weighted by Gasteiger charge is -2.13. The first-order chi connectivity index (χ1) is 10.3. The molecule has 0 saturated heterocycles. The van der Waals surface area contributed by atoms with E-state index in [1.165, 1.54) is 5.56 Å². The van der Waals surface area contributed by atoms with Gasteiger partial charge in [0.15, 0.2) is 11.5 Å². The number of hydrogen-bond donors (Lipinski definition) is 1. The smallest absolute Gasteiger partial charge is 0.161 e. The van der Waals surface area contributed by atoms with Crippen molar-refractivity contribution >= 4 is 0 Å². The van der Waals surface area contributed by atoms with Gasteiger partial charge in [0.1, 0.15) is 6.61 Å². The largest absolute Gasteiger partial charge is 0.490 e. The first-order valence-corrected chi connectivity index (χ1v) is 7.46. The van der Waals surface area contributed by atoms with Gasteiger partial charge in [-0.2, -0.15) is 0 Å². The minimum absolute atomic E-state index is 0.549. The summed E-state index contributed by atoms with van der Waals surface area (Å²) in [6, 6.07) is 16.3. The van der Waals surface area contributed by atoms with Crippen molar-refractivity contribution in [2.24, 2.45) is 0 Å². The molecule has 0 spiro atoms. The lowest BCUT2D eigenvalue weighted by atomic mass is 10.2. The van der Waals surface area contributed by atoms with E-state index in [0.717, 1.165) is 30.2 Å². The highest BCUT2D eigenvalue weighted by molar-refractivity contribution is 5.43. The fourth-order valence-corrected chi connectivity index (χ4v) is 2.05. The lowest BCUT2D eigenvalue weighted by Crippen LogP contribution is -2.12. The Bertz CT molecular complexity index is 540. The van der Waals surface area contributed by atoms with Gasteiger partial charge in [-0.15, -0.1) is 0 Å². The number of hydrogen-bond acceptors (Lipinski definition) is 3. The molecule has 2 rings (SSSR count). The van der Waals surface area contributed by atoms with E-state index in [2.05, 4.69) is 30.4 Å². The molecule has 0 amide bonds. The average Bonchev–Trinajstić information content (AvgIpc) is 2.53. The summed E-state index contributed by atoms with van der Waals surface area (Å²) in [7, 11) is 0. The second kappa shape index (κ2) is 8.32. The maximum atomic E-state index is 5.89. The molecule has 0 saturated carbocycles. The van der Waals surface area contributed by atoms with Crippen molar-refractivity contribution in [3.05, 3.63) is 59.7 Å². The van der Waals surface area contributed by atoms with Gasteiger partial charge in [0.25, 0.3) is 0 Å². The Morgan fingerprint density at radius 1 is 0.857 bits per heavy atom. The summed E-state index contributed by atoms with van der Waals surface area (Å²) < 4.78 is 11.6. The third-order valence-corrected chi connectivity index (χ3v) is 3.12. The molecule has 0 aliphatic heterocycles. The summed E-state index contributed by atoms with van der Waals surface area (Å²) in [6.07, 6.45) is 0. The highest BCUT2D eigenvalue weighted by atomic mass is 16.5. The van der Waals surface area contributed by atoms with Crippen LogP contribution in [0.3, 0.4) is 0 Å². The van der Waals surface area contributed by atoms with E-state index in [4.69, 9.17) is 9.47 Å². The average molecular weight is 285 g/mol. The fraction of sp³-hybridized carbons (Fsp3) is 0.333. The van der Waals surface area contributed by atoms with Crippen molar-refractivity contribution in [2.75, 3.05) is 13.2 Å². The number of rotatable bonds is 8. The molecule has 112 valence electrons. The second-order valence-corrected chi connectivity index (χ2v) is 4.77. The highest BCUT2D eigenvalue weighted by Gasteiger charge is 2.07. The summed E-state index contributed by atoms with van der Waals surface area (Å²) in [6.45, 7) is 7.06. The third kappa shape index (κ3) is 4.80. The van der Waals surface area contributed by atoms with Crippen LogP contribution in [-0.2, 0) is 13.2 Å². The Morgan fingerprint density at radius 3 is 2.38 bits per heavy atom. The Labute approximate surface area is 126 Å². The lowest BCUT2D eigenvalue weighted by molar-refractivity contribution is 0.269. The summed E-state index contributed by atoms with van der Waals surface area (Å²) >= 11 is 0. The van der Waals surface area contributed by atoms with E-state index in [1.54, 1.807) is 0 Å². The van der Waals surface area contributed by atoms with Gasteiger partial charge in [0.05, 0.1) is 6.61 Å². The topological polar surface area (TPSA) is 30.5 Å². The van der Waals surface area contributed by atoms with E-state index in [-0.39, 0.29) is 0 Å². The van der Waals surface area contributed by atoms with Crippen molar-refractivity contribution < 1.29 is 9.47 Å². The van der Waals surface area contributed by atoms with Crippen LogP contribution >= 0.6 is 0 Å². The van der Waals surface area contributed by atoms with Gasteiger partial charge >= 0.3 is 0 Å². The Kier molecular flexibility index (Phi) is 6.10. The van der Waals surface area contributed by atoms with Crippen LogP contribution in [0.25, 0.3) is 0 Å². The molecule has 2 aromatic rings. The molecule has 2 aromatic carbocycles. The van der Waals surface area contributed by atoms with Gasteiger partial charge in [0, 0.05) is 6.54 Å². The van der Waals surface area contributed by atoms with Crippen molar-refractivity contribution in [2.45, 2.75) is 27.0 Å². The molecule has 3 heteroatoms. The second-order valence-electron chi connectivity index (χ2n) is 4.77. The molecule has 0 unspecified atom stereocenters. The quantitative estimate of drug-likeness (QED) is 0.801. The molecule has 3 nitrogen and oxygen atoms in total. The zero-order chi connectivity index (χ0) is 14.9. The number of nitrogens with one attached hydrogen (secondary N) is 1. The molecule has 1 N–H and O–H groups in total. The van der Waals surface area contributed by atoms with Crippen LogP contribution in [0.15, 0.2) is 48.5 Å². The standard InChI is InChI=1S/C18H23NO2/c1-3-19-13-16-10-11-17(18(12-16)20-4-2)21-14-15-8-6-5-7-9-15/h5-12,19H,3-4,13-14H2,1-2H3. The zero-order valence-corrected chi connectivity index (χ0v) is 12.8. The van der Waals surface area contributed by atoms with Crippen LogP contribution in [0.1, 0.15) is 25.0 Å². The van der Waals surface area contributed by atoms with Crippen LogP contribution in [0, 0.1) is 0 Å². The molecule has 0 aliphatic carbocycles. The summed E-state index contributed by atoms with van der Waals surface area (Å²) in [4.78, 5) is 0. The highest BCUT2D eigenvalue weighted by Crippen LogP contribution is 2.29. The van der Waals surface area contributed by atoms with E-state index in [1.807, 2.05) is 37.3 Å². The first-order valence-electron chi connectivity index (χ1n) is 7.46. The van der Waals surface area contributed by atoms with Crippen LogP contribution in [0.5, 0.6) is 11.5 Å². The summed E-state index contributed by atoms with van der Waals surface area (Å²) in [5.74, 6) is 1.60. The third-order valence-electron chi connectivity index (χ3n) is 3.12. The molecule has 21 heavy (non-hydrogen) atoms. The maximum absolute atomic E-state index is 5.89. The Hall–Kier alpha value is -2.00. The normalized spacial score (nSPS) is 10.4. The molecule has 0 fully saturated rings.